The highest BCUT2D eigenvalue weighted by atomic mass is 127. The molecule has 0 unspecified atom stereocenters. The lowest BCUT2D eigenvalue weighted by atomic mass is 10.0. The van der Waals surface area contributed by atoms with Crippen LogP contribution in [-0.4, -0.2) is 11.0 Å². The largest absolute Gasteiger partial charge is 0.332 e. The standard InChI is InChI=1S/C18H12BrIN2OS/c19-12-8-9-16(15(20)10-12)21-18(24)22-17(23)14-7-3-5-11-4-1-2-6-13(11)14/h1-10H,(H2,21,22,23,24). The van der Waals surface area contributed by atoms with Crippen LogP contribution in [0.4, 0.5) is 5.69 Å². The van der Waals surface area contributed by atoms with Crippen LogP contribution in [-0.2, 0) is 0 Å². The number of nitrogens with one attached hydrogen (secondary N) is 2. The fraction of sp³-hybridized carbons (Fsp3) is 0. The van der Waals surface area contributed by atoms with Gasteiger partial charge in [0.25, 0.3) is 5.91 Å². The molecule has 0 aliphatic carbocycles. The molecule has 0 saturated carbocycles. The Balaban J connectivity index is 1.77. The number of carbonyl (C=O) groups excluding carboxylic acids is 1. The lowest BCUT2D eigenvalue weighted by Crippen LogP contribution is -2.34. The van der Waals surface area contributed by atoms with Crippen molar-refractivity contribution in [3.63, 3.8) is 0 Å². The first-order valence-electron chi connectivity index (χ1n) is 7.10. The van der Waals surface area contributed by atoms with Gasteiger partial charge in [-0.05, 0) is 69.8 Å². The van der Waals surface area contributed by atoms with Gasteiger partial charge in [-0.2, -0.15) is 0 Å². The number of anilines is 1. The van der Waals surface area contributed by atoms with Crippen molar-refractivity contribution >= 4 is 78.2 Å². The maximum Gasteiger partial charge on any atom is 0.258 e. The molecule has 0 heterocycles. The molecule has 3 aromatic carbocycles. The second-order valence-electron chi connectivity index (χ2n) is 5.06. The smallest absolute Gasteiger partial charge is 0.258 e. The van der Waals surface area contributed by atoms with Crippen molar-refractivity contribution in [2.24, 2.45) is 0 Å². The Morgan fingerprint density at radius 3 is 2.58 bits per heavy atom. The monoisotopic (exact) mass is 510 g/mol. The van der Waals surface area contributed by atoms with E-state index in [2.05, 4.69) is 49.2 Å². The van der Waals surface area contributed by atoms with E-state index in [4.69, 9.17) is 12.2 Å². The summed E-state index contributed by atoms with van der Waals surface area (Å²) in [5, 5.41) is 8.00. The van der Waals surface area contributed by atoms with E-state index < -0.39 is 0 Å². The topological polar surface area (TPSA) is 41.1 Å². The van der Waals surface area contributed by atoms with Crippen LogP contribution in [0.25, 0.3) is 10.8 Å². The number of thiocarbonyl (C=S) groups is 1. The number of hydrogen-bond acceptors (Lipinski definition) is 2. The summed E-state index contributed by atoms with van der Waals surface area (Å²) in [5.41, 5.74) is 1.45. The number of carbonyl (C=O) groups is 1. The van der Waals surface area contributed by atoms with Gasteiger partial charge in [0.05, 0.1) is 5.69 Å². The van der Waals surface area contributed by atoms with E-state index in [0.717, 1.165) is 24.5 Å². The Bertz CT molecular complexity index is 940. The molecule has 0 radical (unpaired) electrons. The zero-order valence-electron chi connectivity index (χ0n) is 12.3. The molecule has 0 spiro atoms. The number of fused-ring (bicyclic) bond motifs is 1. The molecule has 6 heteroatoms. The summed E-state index contributed by atoms with van der Waals surface area (Å²) in [5.74, 6) is -0.226. The molecule has 24 heavy (non-hydrogen) atoms. The maximum atomic E-state index is 12.6. The molecule has 0 saturated heterocycles. The second kappa shape index (κ2) is 7.58. The molecule has 0 aliphatic heterocycles. The summed E-state index contributed by atoms with van der Waals surface area (Å²) in [4.78, 5) is 12.6. The third-order valence-electron chi connectivity index (χ3n) is 3.44. The first-order valence-corrected chi connectivity index (χ1v) is 9.38. The molecule has 120 valence electrons. The Morgan fingerprint density at radius 1 is 1.04 bits per heavy atom. The fourth-order valence-electron chi connectivity index (χ4n) is 2.34. The zero-order chi connectivity index (χ0) is 17.1. The van der Waals surface area contributed by atoms with Crippen molar-refractivity contribution in [3.8, 4) is 0 Å². The van der Waals surface area contributed by atoms with E-state index in [1.807, 2.05) is 54.6 Å². The van der Waals surface area contributed by atoms with Crippen LogP contribution in [0.2, 0.25) is 0 Å². The van der Waals surface area contributed by atoms with Crippen LogP contribution in [0, 0.1) is 3.57 Å². The molecule has 0 aromatic heterocycles. The fourth-order valence-corrected chi connectivity index (χ4v) is 3.98. The van der Waals surface area contributed by atoms with E-state index in [1.54, 1.807) is 6.07 Å². The molecule has 3 nitrogen and oxygen atoms in total. The van der Waals surface area contributed by atoms with E-state index in [9.17, 15) is 4.79 Å². The predicted octanol–water partition coefficient (Wildman–Crippen LogP) is 5.33. The third kappa shape index (κ3) is 3.93. The average Bonchev–Trinajstić information content (AvgIpc) is 2.57. The van der Waals surface area contributed by atoms with Crippen LogP contribution < -0.4 is 10.6 Å². The van der Waals surface area contributed by atoms with Gasteiger partial charge < -0.3 is 5.32 Å². The van der Waals surface area contributed by atoms with Gasteiger partial charge in [0, 0.05) is 13.6 Å². The van der Waals surface area contributed by atoms with Crippen LogP contribution >= 0.6 is 50.7 Å². The third-order valence-corrected chi connectivity index (χ3v) is 5.03. The Hall–Kier alpha value is -1.51. The van der Waals surface area contributed by atoms with Crippen molar-refractivity contribution < 1.29 is 4.79 Å². The van der Waals surface area contributed by atoms with E-state index in [1.165, 1.54) is 0 Å². The van der Waals surface area contributed by atoms with Gasteiger partial charge in [-0.1, -0.05) is 52.3 Å². The lowest BCUT2D eigenvalue weighted by molar-refractivity contribution is 0.0979. The van der Waals surface area contributed by atoms with Gasteiger partial charge in [-0.25, -0.2) is 0 Å². The minimum absolute atomic E-state index is 0.226. The Morgan fingerprint density at radius 2 is 1.79 bits per heavy atom. The van der Waals surface area contributed by atoms with Gasteiger partial charge in [-0.15, -0.1) is 0 Å². The maximum absolute atomic E-state index is 12.6. The van der Waals surface area contributed by atoms with Crippen LogP contribution in [0.15, 0.2) is 65.1 Å². The summed E-state index contributed by atoms with van der Waals surface area (Å²) >= 11 is 10.9. The minimum Gasteiger partial charge on any atom is -0.332 e. The molecule has 0 aliphatic rings. The first-order chi connectivity index (χ1) is 11.5. The average molecular weight is 511 g/mol. The molecule has 0 atom stereocenters. The molecular weight excluding hydrogens is 499 g/mol. The van der Waals surface area contributed by atoms with E-state index in [0.29, 0.717) is 5.56 Å². The van der Waals surface area contributed by atoms with Crippen molar-refractivity contribution in [1.82, 2.24) is 5.32 Å². The van der Waals surface area contributed by atoms with Gasteiger partial charge in [0.2, 0.25) is 0 Å². The number of benzene rings is 3. The molecule has 0 bridgehead atoms. The highest BCUT2D eigenvalue weighted by Gasteiger charge is 2.12. The van der Waals surface area contributed by atoms with Crippen molar-refractivity contribution in [1.29, 1.82) is 0 Å². The quantitative estimate of drug-likeness (QED) is 0.361. The highest BCUT2D eigenvalue weighted by Crippen LogP contribution is 2.23. The molecule has 2 N–H and O–H groups in total. The summed E-state index contributed by atoms with van der Waals surface area (Å²) < 4.78 is 1.99. The number of halogens is 2. The van der Waals surface area contributed by atoms with Gasteiger partial charge in [-0.3, -0.25) is 10.1 Å². The zero-order valence-corrected chi connectivity index (χ0v) is 16.9. The minimum atomic E-state index is -0.226. The van der Waals surface area contributed by atoms with Gasteiger partial charge >= 0.3 is 0 Å². The van der Waals surface area contributed by atoms with Crippen molar-refractivity contribution in [2.45, 2.75) is 0 Å². The number of hydrogen-bond donors (Lipinski definition) is 2. The van der Waals surface area contributed by atoms with Crippen LogP contribution in [0.1, 0.15) is 10.4 Å². The van der Waals surface area contributed by atoms with Gasteiger partial charge in [0.15, 0.2) is 5.11 Å². The normalized spacial score (nSPS) is 10.4. The number of rotatable bonds is 2. The molecule has 3 rings (SSSR count). The van der Waals surface area contributed by atoms with Crippen LogP contribution in [0.5, 0.6) is 0 Å². The summed E-state index contributed by atoms with van der Waals surface area (Å²) in [6.45, 7) is 0. The molecule has 0 fully saturated rings. The van der Waals surface area contributed by atoms with Crippen LogP contribution in [0.3, 0.4) is 0 Å². The summed E-state index contributed by atoms with van der Waals surface area (Å²) in [6.07, 6.45) is 0. The van der Waals surface area contributed by atoms with Crippen molar-refractivity contribution in [3.05, 3.63) is 74.3 Å². The predicted molar refractivity (Wildman–Crippen MR) is 114 cm³/mol. The van der Waals surface area contributed by atoms with Crippen molar-refractivity contribution in [2.75, 3.05) is 5.32 Å². The van der Waals surface area contributed by atoms with Gasteiger partial charge in [0.1, 0.15) is 0 Å². The first kappa shape index (κ1) is 17.3. The van der Waals surface area contributed by atoms with E-state index in [-0.39, 0.29) is 11.0 Å². The van der Waals surface area contributed by atoms with E-state index >= 15 is 0 Å². The Labute approximate surface area is 167 Å². The number of amides is 1. The SMILES string of the molecule is O=C(NC(=S)Nc1ccc(Br)cc1I)c1cccc2ccccc12. The second-order valence-corrected chi connectivity index (χ2v) is 7.55. The lowest BCUT2D eigenvalue weighted by Gasteiger charge is -2.12. The molecular formula is C18H12BrIN2OS. The Kier molecular flexibility index (Phi) is 5.47. The highest BCUT2D eigenvalue weighted by molar-refractivity contribution is 14.1. The molecule has 3 aromatic rings. The summed E-state index contributed by atoms with van der Waals surface area (Å²) in [7, 11) is 0. The summed E-state index contributed by atoms with van der Waals surface area (Å²) in [6, 6.07) is 19.2. The molecule has 1 amide bonds.